The predicted octanol–water partition coefficient (Wildman–Crippen LogP) is 2.01. The zero-order chi connectivity index (χ0) is 15.8. The summed E-state index contributed by atoms with van der Waals surface area (Å²) in [6, 6.07) is 8.35. The number of rotatable bonds is 2. The number of nitrogens with zero attached hydrogens (tertiary/aromatic N) is 2. The molecule has 2 aromatic rings. The van der Waals surface area contributed by atoms with Gasteiger partial charge in [0.05, 0.1) is 5.52 Å². The van der Waals surface area contributed by atoms with Gasteiger partial charge >= 0.3 is 6.03 Å². The predicted molar refractivity (Wildman–Crippen MR) is 88.6 cm³/mol. The van der Waals surface area contributed by atoms with Gasteiger partial charge in [-0.2, -0.15) is 0 Å². The van der Waals surface area contributed by atoms with Crippen LogP contribution in [0.15, 0.2) is 30.5 Å². The van der Waals surface area contributed by atoms with Gasteiger partial charge in [0.1, 0.15) is 0 Å². The highest BCUT2D eigenvalue weighted by molar-refractivity contribution is 6.06. The molecule has 0 spiro atoms. The number of hydrogen-bond donors (Lipinski definition) is 2. The lowest BCUT2D eigenvalue weighted by molar-refractivity contribution is -0.120. The van der Waals surface area contributed by atoms with Crippen LogP contribution in [0.4, 0.5) is 10.5 Å². The molecule has 1 aromatic heterocycles. The second-order valence-electron chi connectivity index (χ2n) is 6.20. The number of urea groups is 1. The van der Waals surface area contributed by atoms with Crippen molar-refractivity contribution in [3.8, 4) is 0 Å². The van der Waals surface area contributed by atoms with Gasteiger partial charge in [0.25, 0.3) is 0 Å². The quantitative estimate of drug-likeness (QED) is 0.891. The molecule has 6 nitrogen and oxygen atoms in total. The molecule has 1 aromatic carbocycles. The van der Waals surface area contributed by atoms with Crippen LogP contribution in [0.5, 0.6) is 0 Å². The van der Waals surface area contributed by atoms with Gasteiger partial charge in [0, 0.05) is 30.9 Å². The molecule has 2 saturated heterocycles. The first-order valence-corrected chi connectivity index (χ1v) is 8.15. The Bertz CT molecular complexity index is 761. The monoisotopic (exact) mass is 312 g/mol. The average molecular weight is 312 g/mol. The third-order valence-electron chi connectivity index (χ3n) is 4.77. The van der Waals surface area contributed by atoms with Gasteiger partial charge in [-0.15, -0.1) is 0 Å². The molecular weight excluding hydrogens is 292 g/mol. The van der Waals surface area contributed by atoms with Crippen LogP contribution in [0.2, 0.25) is 0 Å². The number of anilines is 1. The summed E-state index contributed by atoms with van der Waals surface area (Å²) in [5.41, 5.74) is 2.00. The maximum absolute atomic E-state index is 12.0. The van der Waals surface area contributed by atoms with Gasteiger partial charge in [0.15, 0.2) is 0 Å². The Labute approximate surface area is 134 Å². The molecule has 0 unspecified atom stereocenters. The van der Waals surface area contributed by atoms with E-state index in [1.54, 1.807) is 4.90 Å². The van der Waals surface area contributed by atoms with Gasteiger partial charge in [-0.3, -0.25) is 15.0 Å². The fourth-order valence-corrected chi connectivity index (χ4v) is 3.52. The van der Waals surface area contributed by atoms with Crippen LogP contribution in [-0.4, -0.2) is 36.1 Å². The van der Waals surface area contributed by atoms with Crippen LogP contribution in [0.1, 0.15) is 25.3 Å². The van der Waals surface area contributed by atoms with Gasteiger partial charge in [0.2, 0.25) is 5.91 Å². The van der Waals surface area contributed by atoms with Crippen LogP contribution in [0, 0.1) is 0 Å². The largest absolute Gasteiger partial charge is 0.344 e. The van der Waals surface area contributed by atoms with E-state index in [9.17, 15) is 9.59 Å². The van der Waals surface area contributed by atoms with E-state index in [4.69, 9.17) is 0 Å². The number of piperidine rings is 1. The van der Waals surface area contributed by atoms with Crippen molar-refractivity contribution < 1.29 is 9.59 Å². The fraction of sp³-hybridized carbons (Fsp3) is 0.412. The van der Waals surface area contributed by atoms with E-state index < -0.39 is 0 Å². The maximum Gasteiger partial charge on any atom is 0.328 e. The number of aromatic nitrogens is 1. The first-order chi connectivity index (χ1) is 11.2. The van der Waals surface area contributed by atoms with Gasteiger partial charge in [-0.1, -0.05) is 6.07 Å². The van der Waals surface area contributed by atoms with Crippen LogP contribution in [0.25, 0.3) is 10.9 Å². The van der Waals surface area contributed by atoms with Crippen LogP contribution in [-0.2, 0) is 4.79 Å². The van der Waals surface area contributed by atoms with Gasteiger partial charge in [-0.05, 0) is 49.5 Å². The molecule has 23 heavy (non-hydrogen) atoms. The number of carbonyl (C=O) groups is 2. The van der Waals surface area contributed by atoms with E-state index in [1.165, 1.54) is 5.39 Å². The molecule has 2 fully saturated rings. The van der Waals surface area contributed by atoms with Crippen molar-refractivity contribution in [2.45, 2.75) is 25.3 Å². The Morgan fingerprint density at radius 3 is 2.70 bits per heavy atom. The van der Waals surface area contributed by atoms with Crippen molar-refractivity contribution >= 4 is 28.5 Å². The van der Waals surface area contributed by atoms with Gasteiger partial charge in [-0.25, -0.2) is 4.79 Å². The molecule has 120 valence electrons. The van der Waals surface area contributed by atoms with E-state index in [-0.39, 0.29) is 11.9 Å². The highest BCUT2D eigenvalue weighted by Crippen LogP contribution is 2.29. The van der Waals surface area contributed by atoms with E-state index >= 15 is 0 Å². The third-order valence-corrected chi connectivity index (χ3v) is 4.77. The summed E-state index contributed by atoms with van der Waals surface area (Å²) in [5.74, 6) is -0.203. The standard InChI is InChI=1S/C17H20N4O2/c22-16-6-10-21(17(23)19-16)14-2-1-12-5-9-20(15(12)11-14)13-3-7-18-8-4-13/h1-2,5,9,11,13,18H,3-4,6-8,10H2,(H,19,22,23). The molecule has 4 rings (SSSR count). The van der Waals surface area contributed by atoms with E-state index in [0.29, 0.717) is 19.0 Å². The van der Waals surface area contributed by atoms with Gasteiger partial charge < -0.3 is 9.88 Å². The van der Waals surface area contributed by atoms with Crippen molar-refractivity contribution in [1.82, 2.24) is 15.2 Å². The van der Waals surface area contributed by atoms with Crippen molar-refractivity contribution in [3.05, 3.63) is 30.5 Å². The lowest BCUT2D eigenvalue weighted by Crippen LogP contribution is -2.49. The zero-order valence-electron chi connectivity index (χ0n) is 12.9. The molecule has 0 atom stereocenters. The number of imide groups is 1. The molecular formula is C17H20N4O2. The lowest BCUT2D eigenvalue weighted by atomic mass is 10.1. The third kappa shape index (κ3) is 2.59. The molecule has 0 aliphatic carbocycles. The summed E-state index contributed by atoms with van der Waals surface area (Å²) in [5, 5.41) is 6.95. The lowest BCUT2D eigenvalue weighted by Gasteiger charge is -2.28. The smallest absolute Gasteiger partial charge is 0.328 e. The molecule has 2 aliphatic heterocycles. The van der Waals surface area contributed by atoms with Crippen LogP contribution in [0.3, 0.4) is 0 Å². The summed E-state index contributed by atoms with van der Waals surface area (Å²) in [7, 11) is 0. The highest BCUT2D eigenvalue weighted by Gasteiger charge is 2.25. The number of carbonyl (C=O) groups excluding carboxylic acids is 2. The van der Waals surface area contributed by atoms with Crippen LogP contribution < -0.4 is 15.5 Å². The molecule has 2 N–H and O–H groups in total. The van der Waals surface area contributed by atoms with Crippen LogP contribution >= 0.6 is 0 Å². The Morgan fingerprint density at radius 2 is 1.91 bits per heavy atom. The Balaban J connectivity index is 1.69. The summed E-state index contributed by atoms with van der Waals surface area (Å²) < 4.78 is 2.33. The molecule has 2 aliphatic rings. The molecule has 6 heteroatoms. The van der Waals surface area contributed by atoms with Crippen molar-refractivity contribution in [2.75, 3.05) is 24.5 Å². The number of fused-ring (bicyclic) bond motifs is 1. The highest BCUT2D eigenvalue weighted by atomic mass is 16.2. The Morgan fingerprint density at radius 1 is 1.09 bits per heavy atom. The SMILES string of the molecule is O=C1CCN(c2ccc3ccn(C4CCNCC4)c3c2)C(=O)N1. The molecule has 0 bridgehead atoms. The molecule has 3 amide bonds. The number of hydrogen-bond acceptors (Lipinski definition) is 3. The summed E-state index contributed by atoms with van der Waals surface area (Å²) in [4.78, 5) is 25.0. The first-order valence-electron chi connectivity index (χ1n) is 8.15. The summed E-state index contributed by atoms with van der Waals surface area (Å²) >= 11 is 0. The van der Waals surface area contributed by atoms with Crippen molar-refractivity contribution in [2.24, 2.45) is 0 Å². The average Bonchev–Trinajstić information content (AvgIpc) is 2.99. The minimum Gasteiger partial charge on any atom is -0.344 e. The number of nitrogens with one attached hydrogen (secondary N) is 2. The van der Waals surface area contributed by atoms with Crippen molar-refractivity contribution in [3.63, 3.8) is 0 Å². The van der Waals surface area contributed by atoms with E-state index in [0.717, 1.165) is 37.1 Å². The molecule has 3 heterocycles. The first kappa shape index (κ1) is 14.3. The maximum atomic E-state index is 12.0. The zero-order valence-corrected chi connectivity index (χ0v) is 12.9. The second-order valence-corrected chi connectivity index (χ2v) is 6.20. The van der Waals surface area contributed by atoms with Crippen molar-refractivity contribution in [1.29, 1.82) is 0 Å². The van der Waals surface area contributed by atoms with E-state index in [2.05, 4.69) is 33.5 Å². The molecule has 0 radical (unpaired) electrons. The minimum atomic E-state index is -0.333. The topological polar surface area (TPSA) is 66.4 Å². The summed E-state index contributed by atoms with van der Waals surface area (Å²) in [6.07, 6.45) is 4.72. The molecule has 0 saturated carbocycles. The summed E-state index contributed by atoms with van der Waals surface area (Å²) in [6.45, 7) is 2.52. The van der Waals surface area contributed by atoms with E-state index in [1.807, 2.05) is 12.1 Å². The normalized spacial score (nSPS) is 20.1. The second kappa shape index (κ2) is 5.70. The fourth-order valence-electron chi connectivity index (χ4n) is 3.52. The Hall–Kier alpha value is -2.34. The number of benzene rings is 1. The Kier molecular flexibility index (Phi) is 3.53. The minimum absolute atomic E-state index is 0.203. The number of amides is 3.